The second-order valence-electron chi connectivity index (χ2n) is 3.86. The number of hydrogen-bond acceptors (Lipinski definition) is 2. The third kappa shape index (κ3) is 3.68. The van der Waals surface area contributed by atoms with Crippen LogP contribution >= 0.6 is 0 Å². The SMILES string of the molecule is CNC(CCOC)c1ccc(C(F)(F)F)c(F)c1. The Morgan fingerprint density at radius 1 is 1.33 bits per heavy atom. The van der Waals surface area contributed by atoms with E-state index in [1.54, 1.807) is 7.05 Å². The fourth-order valence-corrected chi connectivity index (χ4v) is 1.69. The molecule has 6 heteroatoms. The highest BCUT2D eigenvalue weighted by Crippen LogP contribution is 2.32. The van der Waals surface area contributed by atoms with E-state index in [2.05, 4.69) is 5.32 Å². The number of rotatable bonds is 5. The van der Waals surface area contributed by atoms with Crippen LogP contribution in [0.4, 0.5) is 17.6 Å². The molecule has 0 heterocycles. The fourth-order valence-electron chi connectivity index (χ4n) is 1.69. The molecular formula is C12H15F4NO. The molecule has 0 bridgehead atoms. The Kier molecular flexibility index (Phi) is 5.10. The number of halogens is 4. The van der Waals surface area contributed by atoms with Crippen LogP contribution in [-0.4, -0.2) is 20.8 Å². The van der Waals surface area contributed by atoms with E-state index in [4.69, 9.17) is 4.74 Å². The Morgan fingerprint density at radius 3 is 2.44 bits per heavy atom. The van der Waals surface area contributed by atoms with Gasteiger partial charge in [-0.3, -0.25) is 0 Å². The molecule has 0 spiro atoms. The Balaban J connectivity index is 2.95. The van der Waals surface area contributed by atoms with Gasteiger partial charge < -0.3 is 10.1 Å². The van der Waals surface area contributed by atoms with E-state index < -0.39 is 17.6 Å². The predicted octanol–water partition coefficient (Wildman–Crippen LogP) is 3.14. The van der Waals surface area contributed by atoms with Crippen molar-refractivity contribution in [3.05, 3.63) is 35.1 Å². The summed E-state index contributed by atoms with van der Waals surface area (Å²) >= 11 is 0. The molecule has 1 rings (SSSR count). The van der Waals surface area contributed by atoms with Crippen LogP contribution in [0.1, 0.15) is 23.6 Å². The van der Waals surface area contributed by atoms with Crippen molar-refractivity contribution in [3.8, 4) is 0 Å². The van der Waals surface area contributed by atoms with E-state index in [9.17, 15) is 17.6 Å². The van der Waals surface area contributed by atoms with Crippen molar-refractivity contribution in [2.24, 2.45) is 0 Å². The summed E-state index contributed by atoms with van der Waals surface area (Å²) in [6.07, 6.45) is -4.11. The molecule has 0 fully saturated rings. The summed E-state index contributed by atoms with van der Waals surface area (Å²) in [6.45, 7) is 0.439. The molecule has 18 heavy (non-hydrogen) atoms. The second-order valence-corrected chi connectivity index (χ2v) is 3.86. The molecule has 0 saturated heterocycles. The van der Waals surface area contributed by atoms with Crippen LogP contribution in [0.3, 0.4) is 0 Å². The molecule has 2 nitrogen and oxygen atoms in total. The highest BCUT2D eigenvalue weighted by molar-refractivity contribution is 5.28. The first-order valence-electron chi connectivity index (χ1n) is 5.43. The Bertz CT molecular complexity index is 392. The van der Waals surface area contributed by atoms with Gasteiger partial charge in [0.15, 0.2) is 0 Å². The number of ether oxygens (including phenoxy) is 1. The molecule has 1 N–H and O–H groups in total. The minimum Gasteiger partial charge on any atom is -0.385 e. The van der Waals surface area contributed by atoms with Crippen LogP contribution in [-0.2, 0) is 10.9 Å². The quantitative estimate of drug-likeness (QED) is 0.826. The molecular weight excluding hydrogens is 250 g/mol. The average molecular weight is 265 g/mol. The topological polar surface area (TPSA) is 21.3 Å². The van der Waals surface area contributed by atoms with Gasteiger partial charge in [0.25, 0.3) is 0 Å². The molecule has 0 aliphatic heterocycles. The molecule has 102 valence electrons. The van der Waals surface area contributed by atoms with Gasteiger partial charge in [-0.2, -0.15) is 13.2 Å². The molecule has 1 aromatic carbocycles. The van der Waals surface area contributed by atoms with Gasteiger partial charge in [0.1, 0.15) is 5.82 Å². The van der Waals surface area contributed by atoms with E-state index in [1.165, 1.54) is 13.2 Å². The monoisotopic (exact) mass is 265 g/mol. The van der Waals surface area contributed by atoms with Crippen molar-refractivity contribution >= 4 is 0 Å². The van der Waals surface area contributed by atoms with Crippen LogP contribution < -0.4 is 5.32 Å². The van der Waals surface area contributed by atoms with Gasteiger partial charge in [0, 0.05) is 19.8 Å². The van der Waals surface area contributed by atoms with Crippen molar-refractivity contribution in [1.82, 2.24) is 5.32 Å². The molecule has 0 aromatic heterocycles. The van der Waals surface area contributed by atoms with Gasteiger partial charge in [-0.25, -0.2) is 4.39 Å². The van der Waals surface area contributed by atoms with Crippen molar-refractivity contribution < 1.29 is 22.3 Å². The normalized spacial score (nSPS) is 13.7. The molecule has 0 radical (unpaired) electrons. The zero-order chi connectivity index (χ0) is 13.8. The minimum atomic E-state index is -4.66. The van der Waals surface area contributed by atoms with Crippen molar-refractivity contribution in [2.75, 3.05) is 20.8 Å². The largest absolute Gasteiger partial charge is 0.419 e. The van der Waals surface area contributed by atoms with Gasteiger partial charge in [0.2, 0.25) is 0 Å². The van der Waals surface area contributed by atoms with E-state index in [0.29, 0.717) is 18.6 Å². The van der Waals surface area contributed by atoms with Gasteiger partial charge >= 0.3 is 6.18 Å². The predicted molar refractivity (Wildman–Crippen MR) is 59.7 cm³/mol. The van der Waals surface area contributed by atoms with Crippen molar-refractivity contribution in [1.29, 1.82) is 0 Å². The summed E-state index contributed by atoms with van der Waals surface area (Å²) < 4.78 is 55.4. The fraction of sp³-hybridized carbons (Fsp3) is 0.500. The first-order chi connectivity index (χ1) is 8.40. The highest BCUT2D eigenvalue weighted by Gasteiger charge is 2.34. The zero-order valence-corrected chi connectivity index (χ0v) is 10.1. The lowest BCUT2D eigenvalue weighted by Crippen LogP contribution is -2.19. The maximum Gasteiger partial charge on any atom is 0.419 e. The lowest BCUT2D eigenvalue weighted by Gasteiger charge is -2.17. The number of hydrogen-bond donors (Lipinski definition) is 1. The molecule has 0 saturated carbocycles. The number of methoxy groups -OCH3 is 1. The summed E-state index contributed by atoms with van der Waals surface area (Å²) in [6, 6.07) is 2.73. The Morgan fingerprint density at radius 2 is 2.00 bits per heavy atom. The standard InChI is InChI=1S/C12H15F4NO/c1-17-11(5-6-18-2)8-3-4-9(10(13)7-8)12(14,15)16/h3-4,7,11,17H,5-6H2,1-2H3. The molecule has 0 amide bonds. The minimum absolute atomic E-state index is 0.235. The van der Waals surface area contributed by atoms with E-state index in [0.717, 1.165) is 12.1 Å². The summed E-state index contributed by atoms with van der Waals surface area (Å²) in [5, 5.41) is 2.91. The smallest absolute Gasteiger partial charge is 0.385 e. The lowest BCUT2D eigenvalue weighted by atomic mass is 10.0. The van der Waals surface area contributed by atoms with Gasteiger partial charge in [-0.15, -0.1) is 0 Å². The molecule has 0 aliphatic carbocycles. The first-order valence-corrected chi connectivity index (χ1v) is 5.43. The Hall–Kier alpha value is -1.14. The second kappa shape index (κ2) is 6.15. The lowest BCUT2D eigenvalue weighted by molar-refractivity contribution is -0.140. The van der Waals surface area contributed by atoms with E-state index in [-0.39, 0.29) is 6.04 Å². The van der Waals surface area contributed by atoms with E-state index in [1.807, 2.05) is 0 Å². The van der Waals surface area contributed by atoms with Crippen molar-refractivity contribution in [2.45, 2.75) is 18.6 Å². The number of nitrogens with one attached hydrogen (secondary N) is 1. The summed E-state index contributed by atoms with van der Waals surface area (Å²) in [4.78, 5) is 0. The average Bonchev–Trinajstić information content (AvgIpc) is 2.28. The third-order valence-corrected chi connectivity index (χ3v) is 2.66. The van der Waals surface area contributed by atoms with Gasteiger partial charge in [-0.1, -0.05) is 6.07 Å². The summed E-state index contributed by atoms with van der Waals surface area (Å²) in [7, 11) is 3.19. The van der Waals surface area contributed by atoms with Crippen LogP contribution in [0, 0.1) is 5.82 Å². The molecule has 1 atom stereocenters. The number of alkyl halides is 3. The summed E-state index contributed by atoms with van der Waals surface area (Å²) in [5.41, 5.74) is -0.770. The maximum absolute atomic E-state index is 13.4. The summed E-state index contributed by atoms with van der Waals surface area (Å²) in [5.74, 6) is -1.25. The van der Waals surface area contributed by atoms with Crippen LogP contribution in [0.25, 0.3) is 0 Å². The highest BCUT2D eigenvalue weighted by atomic mass is 19.4. The third-order valence-electron chi connectivity index (χ3n) is 2.66. The molecule has 1 aromatic rings. The zero-order valence-electron chi connectivity index (χ0n) is 10.1. The number of benzene rings is 1. The molecule has 1 unspecified atom stereocenters. The van der Waals surface area contributed by atoms with Gasteiger partial charge in [-0.05, 0) is 31.2 Å². The van der Waals surface area contributed by atoms with E-state index >= 15 is 0 Å². The Labute approximate surface area is 103 Å². The van der Waals surface area contributed by atoms with Crippen LogP contribution in [0.2, 0.25) is 0 Å². The molecule has 0 aliphatic rings. The first kappa shape index (κ1) is 14.9. The van der Waals surface area contributed by atoms with Crippen molar-refractivity contribution in [3.63, 3.8) is 0 Å². The van der Waals surface area contributed by atoms with Gasteiger partial charge in [0.05, 0.1) is 5.56 Å². The van der Waals surface area contributed by atoms with Crippen LogP contribution in [0.5, 0.6) is 0 Å². The maximum atomic E-state index is 13.4. The van der Waals surface area contributed by atoms with Crippen LogP contribution in [0.15, 0.2) is 18.2 Å².